The third-order valence-corrected chi connectivity index (χ3v) is 8.90. The molecule has 2 aromatic carbocycles. The molecule has 3 heterocycles. The molecule has 0 aliphatic carbocycles. The zero-order chi connectivity index (χ0) is 28.3. The summed E-state index contributed by atoms with van der Waals surface area (Å²) in [5.41, 5.74) is 3.45. The molecule has 0 bridgehead atoms. The van der Waals surface area contributed by atoms with E-state index in [1.54, 1.807) is 23.0 Å². The molecule has 5 rings (SSSR count). The van der Waals surface area contributed by atoms with E-state index in [2.05, 4.69) is 26.0 Å². The number of nitrogens with zero attached hydrogens (tertiary/aromatic N) is 4. The third-order valence-electron chi connectivity index (χ3n) is 7.41. The smallest absolute Gasteiger partial charge is 0.324 e. The van der Waals surface area contributed by atoms with Gasteiger partial charge in [-0.3, -0.25) is 9.69 Å². The second kappa shape index (κ2) is 12.0. The van der Waals surface area contributed by atoms with Crippen molar-refractivity contribution in [2.45, 2.75) is 62.3 Å². The van der Waals surface area contributed by atoms with Crippen molar-refractivity contribution < 1.29 is 27.1 Å². The van der Waals surface area contributed by atoms with Gasteiger partial charge in [0.2, 0.25) is 10.0 Å². The molecule has 0 saturated carbocycles. The number of carbonyl (C=O) groups is 1. The Morgan fingerprint density at radius 3 is 2.65 bits per heavy atom. The molecule has 0 spiro atoms. The van der Waals surface area contributed by atoms with Gasteiger partial charge >= 0.3 is 5.97 Å². The van der Waals surface area contributed by atoms with Crippen molar-refractivity contribution in [3.63, 3.8) is 0 Å². The number of ether oxygens (including phenoxy) is 2. The first-order chi connectivity index (χ1) is 19.2. The van der Waals surface area contributed by atoms with Crippen LogP contribution in [0.4, 0.5) is 4.39 Å². The van der Waals surface area contributed by atoms with Gasteiger partial charge in [0.05, 0.1) is 30.3 Å². The Labute approximate surface area is 233 Å². The lowest BCUT2D eigenvalue weighted by molar-refractivity contribution is -0.142. The highest BCUT2D eigenvalue weighted by atomic mass is 32.2. The van der Waals surface area contributed by atoms with Gasteiger partial charge in [0.15, 0.2) is 0 Å². The summed E-state index contributed by atoms with van der Waals surface area (Å²) in [6, 6.07) is 11.2. The monoisotopic (exact) mass is 571 g/mol. The predicted octanol–water partition coefficient (Wildman–Crippen LogP) is 2.95. The zero-order valence-corrected chi connectivity index (χ0v) is 23.4. The minimum atomic E-state index is -3.97. The fourth-order valence-corrected chi connectivity index (χ4v) is 6.35. The summed E-state index contributed by atoms with van der Waals surface area (Å²) in [4.78, 5) is 14.8. The average molecular weight is 572 g/mol. The Hall–Kier alpha value is -3.35. The van der Waals surface area contributed by atoms with E-state index in [0.717, 1.165) is 42.1 Å². The van der Waals surface area contributed by atoms with E-state index in [9.17, 15) is 17.6 Å². The van der Waals surface area contributed by atoms with Crippen LogP contribution >= 0.6 is 0 Å². The van der Waals surface area contributed by atoms with E-state index in [1.807, 2.05) is 19.1 Å². The molecule has 10 nitrogen and oxygen atoms in total. The molecule has 214 valence electrons. The van der Waals surface area contributed by atoms with Crippen LogP contribution in [0.25, 0.3) is 0 Å². The van der Waals surface area contributed by atoms with Gasteiger partial charge in [-0.1, -0.05) is 35.0 Å². The standard InChI is InChI=1S/C28H34FN5O5S/c1-19-3-6-23(7-4-19)40(36,37)31-25(28(35)38-2)16-22-18-34(32-30-22)26-11-14-39-27-15-20(5-8-24(26)27)17-33-12-9-21(29)10-13-33/h3-8,15,18,21,25-26,31H,9-14,16-17H2,1-2H3/t25-,26-/m1/s1. The Bertz CT molecular complexity index is 1440. The van der Waals surface area contributed by atoms with Crippen LogP contribution in [0.15, 0.2) is 53.6 Å². The van der Waals surface area contributed by atoms with Crippen LogP contribution in [0, 0.1) is 6.92 Å². The number of hydrogen-bond acceptors (Lipinski definition) is 8. The van der Waals surface area contributed by atoms with Crippen LogP contribution in [0.3, 0.4) is 0 Å². The molecule has 2 aliphatic heterocycles. The number of esters is 1. The summed E-state index contributed by atoms with van der Waals surface area (Å²) in [6.45, 7) is 4.60. The molecule has 1 saturated heterocycles. The Morgan fingerprint density at radius 2 is 1.93 bits per heavy atom. The SMILES string of the molecule is COC(=O)[C@@H](Cc1cn([C@@H]2CCOc3cc(CN4CCC(F)CC4)ccc32)nn1)NS(=O)(=O)c1ccc(C)cc1. The number of rotatable bonds is 9. The van der Waals surface area contributed by atoms with Gasteiger partial charge in [-0.05, 0) is 43.5 Å². The van der Waals surface area contributed by atoms with Crippen molar-refractivity contribution >= 4 is 16.0 Å². The van der Waals surface area contributed by atoms with Crippen molar-refractivity contribution in [1.82, 2.24) is 24.6 Å². The number of fused-ring (bicyclic) bond motifs is 1. The van der Waals surface area contributed by atoms with Crippen LogP contribution in [0.2, 0.25) is 0 Å². The number of sulfonamides is 1. The maximum Gasteiger partial charge on any atom is 0.324 e. The fourth-order valence-electron chi connectivity index (χ4n) is 5.16. The molecule has 3 aromatic rings. The maximum atomic E-state index is 13.5. The molecule has 0 amide bonds. The third kappa shape index (κ3) is 6.51. The van der Waals surface area contributed by atoms with Gasteiger partial charge < -0.3 is 9.47 Å². The van der Waals surface area contributed by atoms with Crippen LogP contribution in [0.5, 0.6) is 5.75 Å². The highest BCUT2D eigenvalue weighted by Gasteiger charge is 2.30. The first-order valence-corrected chi connectivity index (χ1v) is 14.9. The quantitative estimate of drug-likeness (QED) is 0.390. The number of nitrogens with one attached hydrogen (secondary N) is 1. The Kier molecular flexibility index (Phi) is 8.48. The predicted molar refractivity (Wildman–Crippen MR) is 145 cm³/mol. The minimum Gasteiger partial charge on any atom is -0.493 e. The number of benzene rings is 2. The Balaban J connectivity index is 1.29. The molecular formula is C28H34FN5O5S. The van der Waals surface area contributed by atoms with Gasteiger partial charge in [0.25, 0.3) is 0 Å². The topological polar surface area (TPSA) is 116 Å². The number of aryl methyl sites for hydroxylation is 1. The lowest BCUT2D eigenvalue weighted by Gasteiger charge is -2.30. The molecule has 0 unspecified atom stereocenters. The highest BCUT2D eigenvalue weighted by Crippen LogP contribution is 2.35. The lowest BCUT2D eigenvalue weighted by Crippen LogP contribution is -2.43. The van der Waals surface area contributed by atoms with Crippen molar-refractivity contribution in [3.05, 3.63) is 71.0 Å². The number of halogens is 1. The van der Waals surface area contributed by atoms with E-state index in [-0.39, 0.29) is 17.4 Å². The summed E-state index contributed by atoms with van der Waals surface area (Å²) in [5.74, 6) is 0.0643. The normalized spacial score (nSPS) is 19.0. The van der Waals surface area contributed by atoms with Crippen molar-refractivity contribution in [1.29, 1.82) is 0 Å². The maximum absolute atomic E-state index is 13.5. The number of alkyl halides is 1. The van der Waals surface area contributed by atoms with Gasteiger partial charge in [0, 0.05) is 44.2 Å². The number of likely N-dealkylation sites (tertiary alicyclic amines) is 1. The molecule has 1 N–H and O–H groups in total. The van der Waals surface area contributed by atoms with Gasteiger partial charge in [0.1, 0.15) is 18.0 Å². The van der Waals surface area contributed by atoms with Crippen LogP contribution in [-0.2, 0) is 32.5 Å². The number of piperidine rings is 1. The molecule has 1 aromatic heterocycles. The minimum absolute atomic E-state index is 0.0254. The fraction of sp³-hybridized carbons (Fsp3) is 0.464. The number of methoxy groups -OCH3 is 1. The van der Waals surface area contributed by atoms with Crippen molar-refractivity contribution in [2.75, 3.05) is 26.8 Å². The number of aromatic nitrogens is 3. The first-order valence-electron chi connectivity index (χ1n) is 13.4. The van der Waals surface area contributed by atoms with E-state index in [0.29, 0.717) is 31.6 Å². The van der Waals surface area contributed by atoms with E-state index >= 15 is 0 Å². The van der Waals surface area contributed by atoms with E-state index in [4.69, 9.17) is 9.47 Å². The second-order valence-electron chi connectivity index (χ2n) is 10.4. The van der Waals surface area contributed by atoms with Crippen LogP contribution < -0.4 is 9.46 Å². The lowest BCUT2D eigenvalue weighted by atomic mass is 9.98. The molecule has 2 atom stereocenters. The zero-order valence-electron chi connectivity index (χ0n) is 22.6. The van der Waals surface area contributed by atoms with Crippen LogP contribution in [0.1, 0.15) is 47.7 Å². The summed E-state index contributed by atoms with van der Waals surface area (Å²) in [5, 5.41) is 8.53. The molecule has 0 radical (unpaired) electrons. The van der Waals surface area contributed by atoms with Crippen molar-refractivity contribution in [3.8, 4) is 5.75 Å². The molecule has 12 heteroatoms. The van der Waals surface area contributed by atoms with E-state index in [1.165, 1.54) is 19.2 Å². The number of carbonyl (C=O) groups excluding carboxylic acids is 1. The van der Waals surface area contributed by atoms with Gasteiger partial charge in [-0.2, -0.15) is 4.72 Å². The summed E-state index contributed by atoms with van der Waals surface area (Å²) < 4.78 is 54.4. The molecule has 2 aliphatic rings. The van der Waals surface area contributed by atoms with Crippen LogP contribution in [-0.4, -0.2) is 73.3 Å². The average Bonchev–Trinajstić information content (AvgIpc) is 3.41. The summed E-state index contributed by atoms with van der Waals surface area (Å²) >= 11 is 0. The van der Waals surface area contributed by atoms with Gasteiger partial charge in [-0.25, -0.2) is 17.5 Å². The first kappa shape index (κ1) is 28.2. The van der Waals surface area contributed by atoms with Crippen molar-refractivity contribution in [2.24, 2.45) is 0 Å². The number of hydrogen-bond donors (Lipinski definition) is 1. The molecule has 40 heavy (non-hydrogen) atoms. The largest absolute Gasteiger partial charge is 0.493 e. The van der Waals surface area contributed by atoms with E-state index < -0.39 is 28.2 Å². The second-order valence-corrected chi connectivity index (χ2v) is 12.1. The summed E-state index contributed by atoms with van der Waals surface area (Å²) in [7, 11) is -2.76. The Morgan fingerprint density at radius 1 is 1.18 bits per heavy atom. The highest BCUT2D eigenvalue weighted by molar-refractivity contribution is 7.89. The molecule has 1 fully saturated rings. The summed E-state index contributed by atoms with van der Waals surface area (Å²) in [6.07, 6.45) is 2.82. The molecular weight excluding hydrogens is 537 g/mol. The van der Waals surface area contributed by atoms with Gasteiger partial charge in [-0.15, -0.1) is 5.10 Å².